The molecule has 19 heavy (non-hydrogen) atoms. The van der Waals surface area contributed by atoms with Gasteiger partial charge in [0.25, 0.3) is 0 Å². The highest BCUT2D eigenvalue weighted by molar-refractivity contribution is 5.48. The van der Waals surface area contributed by atoms with E-state index >= 15 is 0 Å². The monoisotopic (exact) mass is 266 g/mol. The van der Waals surface area contributed by atoms with Crippen LogP contribution < -0.4 is 10.5 Å². The van der Waals surface area contributed by atoms with Gasteiger partial charge >= 0.3 is 5.69 Å². The fraction of sp³-hybridized carbons (Fsp3) is 0.538. The standard InChI is InChI=1S/C13H18N2O4/c14-8-11-1-2-13(12(7-11)15(16)17)19-9-10-3-5-18-6-4-10/h1-2,7,10H,3-6,8-9,14H2. The molecule has 1 aromatic carbocycles. The second-order valence-corrected chi connectivity index (χ2v) is 4.63. The number of nitro benzene ring substituents is 1. The molecule has 0 saturated carbocycles. The zero-order valence-corrected chi connectivity index (χ0v) is 10.7. The SMILES string of the molecule is NCc1ccc(OCC2CCOCC2)c([N+](=O)[O-])c1. The molecule has 0 aromatic heterocycles. The smallest absolute Gasteiger partial charge is 0.311 e. The van der Waals surface area contributed by atoms with Gasteiger partial charge < -0.3 is 15.2 Å². The van der Waals surface area contributed by atoms with Crippen LogP contribution in [0.2, 0.25) is 0 Å². The molecule has 1 aromatic rings. The van der Waals surface area contributed by atoms with Gasteiger partial charge in [0, 0.05) is 25.8 Å². The fourth-order valence-electron chi connectivity index (χ4n) is 2.08. The number of hydrogen-bond acceptors (Lipinski definition) is 5. The van der Waals surface area contributed by atoms with Crippen molar-refractivity contribution >= 4 is 5.69 Å². The second kappa shape index (κ2) is 6.49. The Morgan fingerprint density at radius 3 is 2.79 bits per heavy atom. The molecule has 0 bridgehead atoms. The molecule has 1 saturated heterocycles. The average Bonchev–Trinajstić information content (AvgIpc) is 2.46. The normalized spacial score (nSPS) is 16.3. The minimum atomic E-state index is -0.432. The molecule has 2 N–H and O–H groups in total. The summed E-state index contributed by atoms with van der Waals surface area (Å²) in [5.74, 6) is 0.719. The van der Waals surface area contributed by atoms with Crippen molar-refractivity contribution < 1.29 is 14.4 Å². The van der Waals surface area contributed by atoms with Gasteiger partial charge in [0.15, 0.2) is 5.75 Å². The van der Waals surface area contributed by atoms with Crippen LogP contribution in [0.15, 0.2) is 18.2 Å². The lowest BCUT2D eigenvalue weighted by molar-refractivity contribution is -0.386. The minimum absolute atomic E-state index is 0.0185. The highest BCUT2D eigenvalue weighted by atomic mass is 16.6. The number of nitro groups is 1. The van der Waals surface area contributed by atoms with Crippen molar-refractivity contribution in [3.8, 4) is 5.75 Å². The first-order chi connectivity index (χ1) is 9.20. The van der Waals surface area contributed by atoms with Crippen LogP contribution >= 0.6 is 0 Å². The van der Waals surface area contributed by atoms with Crippen molar-refractivity contribution in [1.82, 2.24) is 0 Å². The maximum Gasteiger partial charge on any atom is 0.311 e. The Labute approximate surface area is 111 Å². The van der Waals surface area contributed by atoms with Gasteiger partial charge in [0.2, 0.25) is 0 Å². The summed E-state index contributed by atoms with van der Waals surface area (Å²) in [6, 6.07) is 4.85. The molecule has 1 aliphatic heterocycles. The first-order valence-corrected chi connectivity index (χ1v) is 6.38. The van der Waals surface area contributed by atoms with Crippen LogP contribution in [0.4, 0.5) is 5.69 Å². The van der Waals surface area contributed by atoms with E-state index in [1.165, 1.54) is 6.07 Å². The fourth-order valence-corrected chi connectivity index (χ4v) is 2.08. The van der Waals surface area contributed by atoms with Gasteiger partial charge in [-0.1, -0.05) is 6.07 Å². The van der Waals surface area contributed by atoms with Gasteiger partial charge in [-0.15, -0.1) is 0 Å². The predicted molar refractivity (Wildman–Crippen MR) is 70.0 cm³/mol. The second-order valence-electron chi connectivity index (χ2n) is 4.63. The van der Waals surface area contributed by atoms with E-state index in [0.717, 1.165) is 31.6 Å². The Hall–Kier alpha value is -1.66. The van der Waals surface area contributed by atoms with Gasteiger partial charge in [0.05, 0.1) is 11.5 Å². The Kier molecular flexibility index (Phi) is 4.70. The average molecular weight is 266 g/mol. The van der Waals surface area contributed by atoms with Crippen molar-refractivity contribution in [1.29, 1.82) is 0 Å². The van der Waals surface area contributed by atoms with E-state index in [9.17, 15) is 10.1 Å². The van der Waals surface area contributed by atoms with Crippen molar-refractivity contribution in [2.45, 2.75) is 19.4 Å². The highest BCUT2D eigenvalue weighted by Crippen LogP contribution is 2.29. The Morgan fingerprint density at radius 1 is 1.42 bits per heavy atom. The third-order valence-corrected chi connectivity index (χ3v) is 3.27. The third kappa shape index (κ3) is 3.65. The van der Waals surface area contributed by atoms with Gasteiger partial charge in [0.1, 0.15) is 0 Å². The summed E-state index contributed by atoms with van der Waals surface area (Å²) in [5, 5.41) is 11.0. The van der Waals surface area contributed by atoms with E-state index in [-0.39, 0.29) is 12.2 Å². The van der Waals surface area contributed by atoms with Gasteiger partial charge in [-0.3, -0.25) is 10.1 Å². The molecule has 1 aliphatic rings. The van der Waals surface area contributed by atoms with Crippen LogP contribution in [0.25, 0.3) is 0 Å². The maximum atomic E-state index is 11.0. The topological polar surface area (TPSA) is 87.6 Å². The summed E-state index contributed by atoms with van der Waals surface area (Å²) < 4.78 is 10.9. The van der Waals surface area contributed by atoms with Gasteiger partial charge in [-0.2, -0.15) is 0 Å². The molecule has 1 heterocycles. The molecule has 0 radical (unpaired) electrons. The maximum absolute atomic E-state index is 11.0. The molecule has 0 aliphatic carbocycles. The molecule has 104 valence electrons. The Bertz CT molecular complexity index is 444. The summed E-state index contributed by atoms with van der Waals surface area (Å²) in [4.78, 5) is 10.6. The molecule has 0 unspecified atom stereocenters. The van der Waals surface area contributed by atoms with Crippen molar-refractivity contribution in [2.24, 2.45) is 11.7 Å². The van der Waals surface area contributed by atoms with E-state index < -0.39 is 4.92 Å². The molecular weight excluding hydrogens is 248 g/mol. The number of hydrogen-bond donors (Lipinski definition) is 1. The summed E-state index contributed by atoms with van der Waals surface area (Å²) in [7, 11) is 0. The first-order valence-electron chi connectivity index (χ1n) is 6.38. The van der Waals surface area contributed by atoms with Crippen molar-refractivity contribution in [2.75, 3.05) is 19.8 Å². The van der Waals surface area contributed by atoms with E-state index in [1.54, 1.807) is 12.1 Å². The number of rotatable bonds is 5. The highest BCUT2D eigenvalue weighted by Gasteiger charge is 2.19. The van der Waals surface area contributed by atoms with Crippen molar-refractivity contribution in [3.05, 3.63) is 33.9 Å². The molecule has 0 spiro atoms. The molecular formula is C13H18N2O4. The lowest BCUT2D eigenvalue weighted by Crippen LogP contribution is -2.21. The minimum Gasteiger partial charge on any atom is -0.487 e. The lowest BCUT2D eigenvalue weighted by Gasteiger charge is -2.22. The molecule has 6 heteroatoms. The number of ether oxygens (including phenoxy) is 2. The first kappa shape index (κ1) is 13.8. The Balaban J connectivity index is 2.04. The molecule has 0 amide bonds. The van der Waals surface area contributed by atoms with Crippen LogP contribution in [0.3, 0.4) is 0 Å². The zero-order chi connectivity index (χ0) is 13.7. The van der Waals surface area contributed by atoms with E-state index in [1.807, 2.05) is 0 Å². The van der Waals surface area contributed by atoms with Crippen LogP contribution in [0.1, 0.15) is 18.4 Å². The number of nitrogens with zero attached hydrogens (tertiary/aromatic N) is 1. The molecule has 1 fully saturated rings. The van der Waals surface area contributed by atoms with Gasteiger partial charge in [-0.25, -0.2) is 0 Å². The van der Waals surface area contributed by atoms with E-state index in [2.05, 4.69) is 0 Å². The quantitative estimate of drug-likeness (QED) is 0.649. The zero-order valence-electron chi connectivity index (χ0n) is 10.7. The van der Waals surface area contributed by atoms with Gasteiger partial charge in [-0.05, 0) is 30.4 Å². The van der Waals surface area contributed by atoms with E-state index in [0.29, 0.717) is 18.3 Å². The summed E-state index contributed by atoms with van der Waals surface area (Å²) >= 11 is 0. The van der Waals surface area contributed by atoms with Crippen LogP contribution in [-0.4, -0.2) is 24.7 Å². The number of nitrogens with two attached hydrogens (primary N) is 1. The lowest BCUT2D eigenvalue weighted by atomic mass is 10.0. The third-order valence-electron chi connectivity index (χ3n) is 3.27. The molecule has 2 rings (SSSR count). The van der Waals surface area contributed by atoms with E-state index in [4.69, 9.17) is 15.2 Å². The van der Waals surface area contributed by atoms with Crippen LogP contribution in [0, 0.1) is 16.0 Å². The van der Waals surface area contributed by atoms with Crippen LogP contribution in [0.5, 0.6) is 5.75 Å². The Morgan fingerprint density at radius 2 is 2.16 bits per heavy atom. The molecule has 6 nitrogen and oxygen atoms in total. The summed E-state index contributed by atoms with van der Waals surface area (Å²) in [6.45, 7) is 2.25. The summed E-state index contributed by atoms with van der Waals surface area (Å²) in [5.41, 5.74) is 6.19. The molecule has 0 atom stereocenters. The predicted octanol–water partition coefficient (Wildman–Crippen LogP) is 1.86. The van der Waals surface area contributed by atoms with Crippen LogP contribution in [-0.2, 0) is 11.3 Å². The summed E-state index contributed by atoms with van der Waals surface area (Å²) in [6.07, 6.45) is 1.88. The number of benzene rings is 1. The van der Waals surface area contributed by atoms with Crippen molar-refractivity contribution in [3.63, 3.8) is 0 Å². The largest absolute Gasteiger partial charge is 0.487 e.